The zero-order valence-electron chi connectivity index (χ0n) is 19.3. The SMILES string of the molecule is CCOc1cc2ncnc(Nc3ccc(F)c(Cl)c3)c2cc1NC(=O)C(=O)N1CCC(C(=O)O)CC1. The predicted octanol–water partition coefficient (Wildman–Crippen LogP) is 3.83. The van der Waals surface area contributed by atoms with E-state index >= 15 is 0 Å². The number of aromatic nitrogens is 2. The molecule has 0 radical (unpaired) electrons. The molecule has 2 aromatic carbocycles. The van der Waals surface area contributed by atoms with E-state index in [0.717, 1.165) is 0 Å². The number of anilines is 3. The van der Waals surface area contributed by atoms with Gasteiger partial charge in [-0.2, -0.15) is 0 Å². The summed E-state index contributed by atoms with van der Waals surface area (Å²) in [5.41, 5.74) is 1.23. The third-order valence-corrected chi connectivity index (χ3v) is 6.08. The van der Waals surface area contributed by atoms with Crippen LogP contribution in [-0.4, -0.2) is 57.5 Å². The number of halogens is 2. The number of carboxylic acid groups (broad SMARTS) is 1. The normalized spacial score (nSPS) is 13.9. The smallest absolute Gasteiger partial charge is 0.314 e. The summed E-state index contributed by atoms with van der Waals surface area (Å²) in [5.74, 6) is -2.94. The number of rotatable bonds is 6. The summed E-state index contributed by atoms with van der Waals surface area (Å²) in [4.78, 5) is 46.5. The molecule has 0 atom stereocenters. The van der Waals surface area contributed by atoms with Crippen molar-refractivity contribution in [3.8, 4) is 5.75 Å². The number of fused-ring (bicyclic) bond motifs is 1. The van der Waals surface area contributed by atoms with Crippen molar-refractivity contribution in [1.29, 1.82) is 0 Å². The highest BCUT2D eigenvalue weighted by Gasteiger charge is 2.30. The number of carboxylic acids is 1. The number of ether oxygens (including phenoxy) is 1. The van der Waals surface area contributed by atoms with Crippen molar-refractivity contribution in [2.24, 2.45) is 5.92 Å². The molecule has 4 rings (SSSR count). The number of amides is 2. The zero-order chi connectivity index (χ0) is 25.8. The molecule has 1 aromatic heterocycles. The van der Waals surface area contributed by atoms with Crippen molar-refractivity contribution in [1.82, 2.24) is 14.9 Å². The Morgan fingerprint density at radius 3 is 2.61 bits per heavy atom. The lowest BCUT2D eigenvalue weighted by molar-refractivity contribution is -0.148. The van der Waals surface area contributed by atoms with Gasteiger partial charge >= 0.3 is 17.8 Å². The second kappa shape index (κ2) is 10.7. The Labute approximate surface area is 210 Å². The minimum Gasteiger partial charge on any atom is -0.492 e. The van der Waals surface area contributed by atoms with Crippen LogP contribution in [0.15, 0.2) is 36.7 Å². The van der Waals surface area contributed by atoms with Gasteiger partial charge in [0.15, 0.2) is 0 Å². The van der Waals surface area contributed by atoms with Crippen LogP contribution in [0.25, 0.3) is 10.9 Å². The lowest BCUT2D eigenvalue weighted by Crippen LogP contribution is -2.45. The van der Waals surface area contributed by atoms with Crippen molar-refractivity contribution in [2.75, 3.05) is 30.3 Å². The molecular weight excluding hydrogens is 493 g/mol. The van der Waals surface area contributed by atoms with Gasteiger partial charge in [0.05, 0.1) is 28.8 Å². The Hall–Kier alpha value is -3.99. The zero-order valence-corrected chi connectivity index (χ0v) is 20.0. The maximum Gasteiger partial charge on any atom is 0.314 e. The first kappa shape index (κ1) is 25.1. The molecule has 0 unspecified atom stereocenters. The van der Waals surface area contributed by atoms with Gasteiger partial charge < -0.3 is 25.4 Å². The van der Waals surface area contributed by atoms with Gasteiger partial charge in [-0.05, 0) is 44.0 Å². The number of hydrogen-bond acceptors (Lipinski definition) is 7. The second-order valence-corrected chi connectivity index (χ2v) is 8.54. The van der Waals surface area contributed by atoms with Gasteiger partial charge in [0, 0.05) is 30.2 Å². The highest BCUT2D eigenvalue weighted by molar-refractivity contribution is 6.39. The maximum absolute atomic E-state index is 13.5. The van der Waals surface area contributed by atoms with Crippen LogP contribution >= 0.6 is 11.6 Å². The van der Waals surface area contributed by atoms with E-state index in [1.54, 1.807) is 19.1 Å². The minimum absolute atomic E-state index is 0.0594. The molecule has 188 valence electrons. The van der Waals surface area contributed by atoms with Gasteiger partial charge in [-0.1, -0.05) is 11.6 Å². The molecule has 12 heteroatoms. The van der Waals surface area contributed by atoms with E-state index in [4.69, 9.17) is 21.4 Å². The number of nitrogens with zero attached hydrogens (tertiary/aromatic N) is 3. The minimum atomic E-state index is -0.904. The number of nitrogens with one attached hydrogen (secondary N) is 2. The Balaban J connectivity index is 1.60. The summed E-state index contributed by atoms with van der Waals surface area (Å²) in [6, 6.07) is 7.32. The van der Waals surface area contributed by atoms with Crippen molar-refractivity contribution in [3.05, 3.63) is 47.5 Å². The maximum atomic E-state index is 13.5. The van der Waals surface area contributed by atoms with E-state index in [9.17, 15) is 18.8 Å². The van der Waals surface area contributed by atoms with Gasteiger partial charge in [-0.25, -0.2) is 14.4 Å². The molecule has 10 nitrogen and oxygen atoms in total. The Kier molecular flexibility index (Phi) is 7.49. The van der Waals surface area contributed by atoms with Crippen LogP contribution in [0, 0.1) is 11.7 Å². The van der Waals surface area contributed by atoms with Crippen LogP contribution in [0.2, 0.25) is 5.02 Å². The third kappa shape index (κ3) is 5.46. The summed E-state index contributed by atoms with van der Waals surface area (Å²) in [6.45, 7) is 2.44. The van der Waals surface area contributed by atoms with Crippen molar-refractivity contribution < 1.29 is 28.6 Å². The number of hydrogen-bond donors (Lipinski definition) is 3. The summed E-state index contributed by atoms with van der Waals surface area (Å²) in [7, 11) is 0. The van der Waals surface area contributed by atoms with E-state index in [-0.39, 0.29) is 36.6 Å². The molecule has 1 aliphatic heterocycles. The fourth-order valence-electron chi connectivity index (χ4n) is 3.92. The number of carbonyl (C=O) groups excluding carboxylic acids is 2. The van der Waals surface area contributed by atoms with Crippen molar-refractivity contribution >= 4 is 57.5 Å². The van der Waals surface area contributed by atoms with Crippen molar-refractivity contribution in [3.63, 3.8) is 0 Å². The summed E-state index contributed by atoms with van der Waals surface area (Å²) >= 11 is 5.88. The predicted molar refractivity (Wildman–Crippen MR) is 131 cm³/mol. The average Bonchev–Trinajstić information content (AvgIpc) is 2.86. The molecule has 0 aliphatic carbocycles. The van der Waals surface area contributed by atoms with Crippen LogP contribution in [0.5, 0.6) is 5.75 Å². The lowest BCUT2D eigenvalue weighted by atomic mass is 9.97. The van der Waals surface area contributed by atoms with Crippen molar-refractivity contribution in [2.45, 2.75) is 19.8 Å². The first-order valence-electron chi connectivity index (χ1n) is 11.2. The van der Waals surface area contributed by atoms with Gasteiger partial charge in [0.25, 0.3) is 0 Å². The highest BCUT2D eigenvalue weighted by atomic mass is 35.5. The largest absolute Gasteiger partial charge is 0.492 e. The lowest BCUT2D eigenvalue weighted by Gasteiger charge is -2.29. The average molecular weight is 516 g/mol. The van der Waals surface area contributed by atoms with Crippen LogP contribution < -0.4 is 15.4 Å². The van der Waals surface area contributed by atoms with E-state index in [0.29, 0.717) is 34.8 Å². The topological polar surface area (TPSA) is 134 Å². The molecule has 3 aromatic rings. The first-order chi connectivity index (χ1) is 17.3. The number of benzene rings is 2. The number of likely N-dealkylation sites (tertiary alicyclic amines) is 1. The molecular formula is C24H23ClFN5O5. The fourth-order valence-corrected chi connectivity index (χ4v) is 4.10. The molecule has 0 bridgehead atoms. The Bertz CT molecular complexity index is 1330. The molecule has 36 heavy (non-hydrogen) atoms. The molecule has 1 aliphatic rings. The van der Waals surface area contributed by atoms with E-state index in [2.05, 4.69) is 20.6 Å². The van der Waals surface area contributed by atoms with Crippen LogP contribution in [0.1, 0.15) is 19.8 Å². The second-order valence-electron chi connectivity index (χ2n) is 8.13. The molecule has 2 amide bonds. The van der Waals surface area contributed by atoms with Crippen LogP contribution in [-0.2, 0) is 14.4 Å². The summed E-state index contributed by atoms with van der Waals surface area (Å²) in [5, 5.41) is 15.2. The number of carbonyl (C=O) groups is 3. The Morgan fingerprint density at radius 1 is 1.19 bits per heavy atom. The molecule has 0 saturated carbocycles. The van der Waals surface area contributed by atoms with Crippen LogP contribution in [0.4, 0.5) is 21.6 Å². The van der Waals surface area contributed by atoms with E-state index in [1.165, 1.54) is 29.4 Å². The summed E-state index contributed by atoms with van der Waals surface area (Å²) < 4.78 is 19.2. The van der Waals surface area contributed by atoms with Gasteiger partial charge in [0.2, 0.25) is 0 Å². The molecule has 0 spiro atoms. The quantitative estimate of drug-likeness (QED) is 0.422. The number of piperidine rings is 1. The third-order valence-electron chi connectivity index (χ3n) is 5.79. The van der Waals surface area contributed by atoms with Crippen LogP contribution in [0.3, 0.4) is 0 Å². The fraction of sp³-hybridized carbons (Fsp3) is 0.292. The molecule has 3 N–H and O–H groups in total. The Morgan fingerprint density at radius 2 is 1.94 bits per heavy atom. The van der Waals surface area contributed by atoms with E-state index < -0.39 is 29.5 Å². The highest BCUT2D eigenvalue weighted by Crippen LogP contribution is 2.34. The standard InChI is InChI=1S/C24H23ClFN5O5/c1-2-36-20-11-18-15(21(28-12-27-18)29-14-3-4-17(26)16(25)9-14)10-19(20)30-22(32)23(33)31-7-5-13(6-8-31)24(34)35/h3-4,9-13H,2,5-8H2,1H3,(H,30,32)(H,34,35)(H,27,28,29). The first-order valence-corrected chi connectivity index (χ1v) is 11.6. The molecule has 1 saturated heterocycles. The van der Waals surface area contributed by atoms with Gasteiger partial charge in [0.1, 0.15) is 23.7 Å². The van der Waals surface area contributed by atoms with Gasteiger partial charge in [-0.3, -0.25) is 14.4 Å². The van der Waals surface area contributed by atoms with E-state index in [1.807, 2.05) is 0 Å². The molecule has 1 fully saturated rings. The summed E-state index contributed by atoms with van der Waals surface area (Å²) in [6.07, 6.45) is 1.91. The van der Waals surface area contributed by atoms with Gasteiger partial charge in [-0.15, -0.1) is 0 Å². The number of aliphatic carboxylic acids is 1. The monoisotopic (exact) mass is 515 g/mol. The molecule has 2 heterocycles.